The third kappa shape index (κ3) is 2.10. The number of hydrogen-bond donors (Lipinski definition) is 0. The molecule has 0 radical (unpaired) electrons. The van der Waals surface area contributed by atoms with Crippen molar-refractivity contribution in [3.05, 3.63) is 35.4 Å². The zero-order valence-corrected chi connectivity index (χ0v) is 8.55. The molecule has 1 aromatic carbocycles. The van der Waals surface area contributed by atoms with Crippen molar-refractivity contribution >= 4 is 5.78 Å². The van der Waals surface area contributed by atoms with E-state index >= 15 is 0 Å². The second-order valence-electron chi connectivity index (χ2n) is 4.03. The van der Waals surface area contributed by atoms with E-state index in [9.17, 15) is 18.0 Å². The summed E-state index contributed by atoms with van der Waals surface area (Å²) in [5.74, 6) is -0.0537. The number of alkyl halides is 3. The SMILES string of the molecule is O=C1CCCC1c1ccc(C(F)(F)F)cc1. The summed E-state index contributed by atoms with van der Waals surface area (Å²) in [7, 11) is 0. The van der Waals surface area contributed by atoms with E-state index in [4.69, 9.17) is 0 Å². The minimum absolute atomic E-state index is 0.139. The van der Waals surface area contributed by atoms with Gasteiger partial charge in [-0.05, 0) is 30.5 Å². The van der Waals surface area contributed by atoms with E-state index in [0.717, 1.165) is 25.0 Å². The first-order chi connectivity index (χ1) is 7.48. The van der Waals surface area contributed by atoms with Gasteiger partial charge in [0.1, 0.15) is 5.78 Å². The number of rotatable bonds is 1. The van der Waals surface area contributed by atoms with Crippen LogP contribution >= 0.6 is 0 Å². The minimum atomic E-state index is -4.31. The molecule has 1 unspecified atom stereocenters. The van der Waals surface area contributed by atoms with Crippen LogP contribution in [0.1, 0.15) is 36.3 Å². The standard InChI is InChI=1S/C12H11F3O/c13-12(14,15)9-6-4-8(5-7-9)10-2-1-3-11(10)16/h4-7,10H,1-3H2. The van der Waals surface area contributed by atoms with Crippen molar-refractivity contribution in [2.75, 3.05) is 0 Å². The van der Waals surface area contributed by atoms with Crippen LogP contribution in [0.4, 0.5) is 13.2 Å². The summed E-state index contributed by atoms with van der Waals surface area (Å²) in [6, 6.07) is 4.91. The Morgan fingerprint density at radius 2 is 1.75 bits per heavy atom. The highest BCUT2D eigenvalue weighted by atomic mass is 19.4. The first-order valence-corrected chi connectivity index (χ1v) is 5.18. The number of carbonyl (C=O) groups is 1. The largest absolute Gasteiger partial charge is 0.416 e. The van der Waals surface area contributed by atoms with E-state index in [-0.39, 0.29) is 11.7 Å². The molecular weight excluding hydrogens is 217 g/mol. The van der Waals surface area contributed by atoms with Crippen molar-refractivity contribution in [1.29, 1.82) is 0 Å². The van der Waals surface area contributed by atoms with Crippen molar-refractivity contribution in [3.63, 3.8) is 0 Å². The van der Waals surface area contributed by atoms with Crippen molar-refractivity contribution < 1.29 is 18.0 Å². The molecule has 4 heteroatoms. The Morgan fingerprint density at radius 3 is 2.19 bits per heavy atom. The Balaban J connectivity index is 2.22. The lowest BCUT2D eigenvalue weighted by molar-refractivity contribution is -0.137. The second kappa shape index (κ2) is 3.92. The molecular formula is C12H11F3O. The van der Waals surface area contributed by atoms with Crippen LogP contribution < -0.4 is 0 Å². The van der Waals surface area contributed by atoms with Crippen LogP contribution in [0.3, 0.4) is 0 Å². The van der Waals surface area contributed by atoms with E-state index in [1.807, 2.05) is 0 Å². The van der Waals surface area contributed by atoms with Crippen LogP contribution in [0.25, 0.3) is 0 Å². The van der Waals surface area contributed by atoms with E-state index in [0.29, 0.717) is 12.0 Å². The zero-order valence-electron chi connectivity index (χ0n) is 8.55. The van der Waals surface area contributed by atoms with Crippen molar-refractivity contribution in [1.82, 2.24) is 0 Å². The lowest BCUT2D eigenvalue weighted by atomic mass is 9.96. The molecule has 1 aromatic rings. The molecule has 1 nitrogen and oxygen atoms in total. The van der Waals surface area contributed by atoms with Gasteiger partial charge in [-0.1, -0.05) is 12.1 Å². The molecule has 0 aromatic heterocycles. The fraction of sp³-hybridized carbons (Fsp3) is 0.417. The minimum Gasteiger partial charge on any atom is -0.299 e. The van der Waals surface area contributed by atoms with Crippen LogP contribution in [0.5, 0.6) is 0 Å². The molecule has 0 bridgehead atoms. The van der Waals surface area contributed by atoms with Gasteiger partial charge in [0.2, 0.25) is 0 Å². The van der Waals surface area contributed by atoms with Crippen molar-refractivity contribution in [2.24, 2.45) is 0 Å². The Bertz CT molecular complexity index is 392. The molecule has 0 saturated heterocycles. The Kier molecular flexibility index (Phi) is 2.74. The normalized spacial score (nSPS) is 21.4. The molecule has 16 heavy (non-hydrogen) atoms. The van der Waals surface area contributed by atoms with Crippen LogP contribution in [-0.4, -0.2) is 5.78 Å². The number of carbonyl (C=O) groups excluding carboxylic acids is 1. The zero-order chi connectivity index (χ0) is 11.8. The molecule has 0 amide bonds. The number of benzene rings is 1. The summed E-state index contributed by atoms with van der Waals surface area (Å²) in [5.41, 5.74) is 0.0391. The second-order valence-corrected chi connectivity index (χ2v) is 4.03. The molecule has 0 spiro atoms. The highest BCUT2D eigenvalue weighted by molar-refractivity contribution is 5.87. The van der Waals surface area contributed by atoms with E-state index in [2.05, 4.69) is 0 Å². The molecule has 1 fully saturated rings. The van der Waals surface area contributed by atoms with E-state index in [1.165, 1.54) is 12.1 Å². The number of ketones is 1. The van der Waals surface area contributed by atoms with Gasteiger partial charge in [-0.2, -0.15) is 13.2 Å². The first-order valence-electron chi connectivity index (χ1n) is 5.18. The van der Waals surface area contributed by atoms with Gasteiger partial charge >= 0.3 is 6.18 Å². The van der Waals surface area contributed by atoms with Gasteiger partial charge in [-0.25, -0.2) is 0 Å². The topological polar surface area (TPSA) is 17.1 Å². The Morgan fingerprint density at radius 1 is 1.12 bits per heavy atom. The van der Waals surface area contributed by atoms with Crippen LogP contribution in [0, 0.1) is 0 Å². The van der Waals surface area contributed by atoms with Gasteiger partial charge in [0.15, 0.2) is 0 Å². The van der Waals surface area contributed by atoms with Crippen LogP contribution in [-0.2, 0) is 11.0 Å². The predicted octanol–water partition coefficient (Wildman–Crippen LogP) is 3.54. The smallest absolute Gasteiger partial charge is 0.299 e. The first kappa shape index (κ1) is 11.2. The molecule has 1 atom stereocenters. The summed E-state index contributed by atoms with van der Waals surface area (Å²) in [4.78, 5) is 11.4. The average Bonchev–Trinajstić information content (AvgIpc) is 2.63. The number of Topliss-reactive ketones (excluding diaryl/α,β-unsaturated/α-hetero) is 1. The van der Waals surface area contributed by atoms with Crippen molar-refractivity contribution in [3.8, 4) is 0 Å². The van der Waals surface area contributed by atoms with E-state index in [1.54, 1.807) is 0 Å². The summed E-state index contributed by atoms with van der Waals surface area (Å²) in [6.45, 7) is 0. The van der Waals surface area contributed by atoms with Crippen LogP contribution in [0.2, 0.25) is 0 Å². The maximum Gasteiger partial charge on any atom is 0.416 e. The summed E-state index contributed by atoms with van der Waals surface area (Å²) in [6.07, 6.45) is -2.17. The van der Waals surface area contributed by atoms with Gasteiger partial charge in [0, 0.05) is 12.3 Å². The molecule has 1 aliphatic carbocycles. The maximum absolute atomic E-state index is 12.3. The highest BCUT2D eigenvalue weighted by Crippen LogP contribution is 2.34. The fourth-order valence-electron chi connectivity index (χ4n) is 2.07. The van der Waals surface area contributed by atoms with Gasteiger partial charge in [-0.3, -0.25) is 4.79 Å². The third-order valence-corrected chi connectivity index (χ3v) is 2.95. The molecule has 0 N–H and O–H groups in total. The number of hydrogen-bond acceptors (Lipinski definition) is 1. The highest BCUT2D eigenvalue weighted by Gasteiger charge is 2.31. The summed E-state index contributed by atoms with van der Waals surface area (Å²) in [5, 5.41) is 0. The van der Waals surface area contributed by atoms with Crippen LogP contribution in [0.15, 0.2) is 24.3 Å². The van der Waals surface area contributed by atoms with E-state index < -0.39 is 11.7 Å². The molecule has 0 aliphatic heterocycles. The molecule has 1 aliphatic rings. The summed E-state index contributed by atoms with van der Waals surface area (Å²) < 4.78 is 36.9. The van der Waals surface area contributed by atoms with Crippen molar-refractivity contribution in [2.45, 2.75) is 31.4 Å². The lowest BCUT2D eigenvalue weighted by Gasteiger charge is -2.10. The predicted molar refractivity (Wildman–Crippen MR) is 53.0 cm³/mol. The molecule has 1 saturated carbocycles. The third-order valence-electron chi connectivity index (χ3n) is 2.95. The Labute approximate surface area is 91.3 Å². The maximum atomic E-state index is 12.3. The average molecular weight is 228 g/mol. The molecule has 86 valence electrons. The van der Waals surface area contributed by atoms with Gasteiger partial charge < -0.3 is 0 Å². The van der Waals surface area contributed by atoms with Gasteiger partial charge in [-0.15, -0.1) is 0 Å². The Hall–Kier alpha value is -1.32. The molecule has 2 rings (SSSR count). The van der Waals surface area contributed by atoms with Gasteiger partial charge in [0.25, 0.3) is 0 Å². The lowest BCUT2D eigenvalue weighted by Crippen LogP contribution is -2.07. The molecule has 0 heterocycles. The quantitative estimate of drug-likeness (QED) is 0.718. The monoisotopic (exact) mass is 228 g/mol. The van der Waals surface area contributed by atoms with Gasteiger partial charge in [0.05, 0.1) is 5.56 Å². The number of halogens is 3. The summed E-state index contributed by atoms with van der Waals surface area (Å²) >= 11 is 0. The fourth-order valence-corrected chi connectivity index (χ4v) is 2.07.